The SMILES string of the molecule is C(=C1/CCC(P(N2CCOCC2)N2CCOCC2)=C1N1CCOCC1)/c1ccccc1. The monoisotopic (exact) mass is 443 g/mol. The molecule has 0 saturated carbocycles. The molecule has 3 aliphatic heterocycles. The van der Waals surface area contributed by atoms with Crippen LogP contribution in [0.1, 0.15) is 18.4 Å². The van der Waals surface area contributed by atoms with Crippen LogP contribution >= 0.6 is 8.22 Å². The molecule has 3 fully saturated rings. The van der Waals surface area contributed by atoms with E-state index in [0.717, 1.165) is 91.8 Å². The molecule has 7 heteroatoms. The first kappa shape index (κ1) is 21.6. The molecule has 0 aromatic heterocycles. The normalized spacial score (nSPS) is 25.7. The number of ether oxygens (including phenoxy) is 3. The molecular formula is C24H34N3O3P. The number of rotatable bonds is 5. The number of benzene rings is 1. The third-order valence-corrected chi connectivity index (χ3v) is 9.22. The minimum Gasteiger partial charge on any atom is -0.379 e. The third kappa shape index (κ3) is 5.05. The highest BCUT2D eigenvalue weighted by molar-refractivity contribution is 7.57. The molecular weight excluding hydrogens is 409 g/mol. The number of morpholine rings is 3. The van der Waals surface area contributed by atoms with E-state index in [0.29, 0.717) is 0 Å². The van der Waals surface area contributed by atoms with Gasteiger partial charge in [0.2, 0.25) is 0 Å². The second kappa shape index (κ2) is 10.6. The summed E-state index contributed by atoms with van der Waals surface area (Å²) in [6.45, 7) is 11.1. The molecule has 0 unspecified atom stereocenters. The first-order valence-electron chi connectivity index (χ1n) is 11.7. The third-order valence-electron chi connectivity index (χ3n) is 6.43. The molecule has 31 heavy (non-hydrogen) atoms. The average molecular weight is 444 g/mol. The minimum absolute atomic E-state index is 0.500. The van der Waals surface area contributed by atoms with E-state index in [1.165, 1.54) is 16.8 Å². The van der Waals surface area contributed by atoms with Gasteiger partial charge in [-0.3, -0.25) is 9.34 Å². The van der Waals surface area contributed by atoms with Crippen molar-refractivity contribution in [3.63, 3.8) is 0 Å². The van der Waals surface area contributed by atoms with E-state index in [1.807, 2.05) is 0 Å². The first-order valence-corrected chi connectivity index (χ1v) is 12.9. The van der Waals surface area contributed by atoms with Gasteiger partial charge in [-0.1, -0.05) is 30.3 Å². The maximum absolute atomic E-state index is 5.71. The molecule has 0 atom stereocenters. The molecule has 0 radical (unpaired) electrons. The summed E-state index contributed by atoms with van der Waals surface area (Å²) in [4.78, 5) is 2.61. The molecule has 0 spiro atoms. The fourth-order valence-corrected chi connectivity index (χ4v) is 7.85. The molecule has 1 aromatic rings. The van der Waals surface area contributed by atoms with Crippen LogP contribution in [0.4, 0.5) is 0 Å². The van der Waals surface area contributed by atoms with Gasteiger partial charge >= 0.3 is 0 Å². The highest BCUT2D eigenvalue weighted by Crippen LogP contribution is 2.59. The molecule has 1 aromatic carbocycles. The quantitative estimate of drug-likeness (QED) is 0.650. The Morgan fingerprint density at radius 3 is 1.81 bits per heavy atom. The first-order chi connectivity index (χ1) is 15.4. The van der Waals surface area contributed by atoms with Gasteiger partial charge in [0, 0.05) is 50.3 Å². The standard InChI is InChI=1S/C24H34N3O3P/c1-2-4-21(5-3-1)20-22-6-7-23(24(22)25-8-14-28-15-9-25)31(26-10-16-29-17-11-26)27-12-18-30-19-13-27/h1-5,20H,6-19H2/b22-20+. The van der Waals surface area contributed by atoms with Gasteiger partial charge in [0.25, 0.3) is 0 Å². The molecule has 3 heterocycles. The zero-order valence-electron chi connectivity index (χ0n) is 18.4. The van der Waals surface area contributed by atoms with Crippen LogP contribution in [0.25, 0.3) is 6.08 Å². The van der Waals surface area contributed by atoms with E-state index in [4.69, 9.17) is 14.2 Å². The summed E-state index contributed by atoms with van der Waals surface area (Å²) in [5, 5.41) is 1.66. The van der Waals surface area contributed by atoms with Crippen molar-refractivity contribution in [3.8, 4) is 0 Å². The number of allylic oxidation sites excluding steroid dienone is 2. The lowest BCUT2D eigenvalue weighted by Gasteiger charge is -2.44. The second-order valence-electron chi connectivity index (χ2n) is 8.40. The minimum atomic E-state index is -0.500. The van der Waals surface area contributed by atoms with Crippen molar-refractivity contribution in [2.45, 2.75) is 12.8 Å². The molecule has 3 saturated heterocycles. The molecule has 1 aliphatic carbocycles. The zero-order chi connectivity index (χ0) is 20.9. The van der Waals surface area contributed by atoms with Crippen LogP contribution in [0.15, 0.2) is 46.9 Å². The van der Waals surface area contributed by atoms with E-state index in [2.05, 4.69) is 50.6 Å². The highest BCUT2D eigenvalue weighted by Gasteiger charge is 2.37. The van der Waals surface area contributed by atoms with E-state index in [9.17, 15) is 0 Å². The van der Waals surface area contributed by atoms with Crippen molar-refractivity contribution >= 4 is 14.3 Å². The van der Waals surface area contributed by atoms with Gasteiger partial charge in [-0.25, -0.2) is 0 Å². The Kier molecular flexibility index (Phi) is 7.35. The predicted octanol–water partition coefficient (Wildman–Crippen LogP) is 3.38. The summed E-state index contributed by atoms with van der Waals surface area (Å²) in [7, 11) is -0.500. The van der Waals surface area contributed by atoms with Gasteiger partial charge in [-0.15, -0.1) is 0 Å². The summed E-state index contributed by atoms with van der Waals surface area (Å²) < 4.78 is 22.6. The van der Waals surface area contributed by atoms with Gasteiger partial charge in [0.1, 0.15) is 0 Å². The molecule has 5 rings (SSSR count). The lowest BCUT2D eigenvalue weighted by Crippen LogP contribution is -2.42. The van der Waals surface area contributed by atoms with Crippen molar-refractivity contribution in [1.29, 1.82) is 0 Å². The summed E-state index contributed by atoms with van der Waals surface area (Å²) >= 11 is 0. The van der Waals surface area contributed by atoms with E-state index in [-0.39, 0.29) is 0 Å². The van der Waals surface area contributed by atoms with Crippen LogP contribution < -0.4 is 0 Å². The Bertz CT molecular complexity index is 765. The van der Waals surface area contributed by atoms with Gasteiger partial charge in [-0.2, -0.15) is 0 Å². The molecule has 0 N–H and O–H groups in total. The Balaban J connectivity index is 1.54. The molecule has 168 valence electrons. The van der Waals surface area contributed by atoms with Gasteiger partial charge in [0.05, 0.1) is 47.9 Å². The maximum Gasteiger partial charge on any atom is 0.0706 e. The lowest BCUT2D eigenvalue weighted by atomic mass is 10.1. The average Bonchev–Trinajstić information content (AvgIpc) is 3.25. The van der Waals surface area contributed by atoms with Crippen LogP contribution in [0.3, 0.4) is 0 Å². The van der Waals surface area contributed by atoms with Crippen LogP contribution in [0.5, 0.6) is 0 Å². The summed E-state index contributed by atoms with van der Waals surface area (Å²) in [6.07, 6.45) is 4.71. The van der Waals surface area contributed by atoms with Crippen LogP contribution in [-0.4, -0.2) is 93.2 Å². The largest absolute Gasteiger partial charge is 0.379 e. The lowest BCUT2D eigenvalue weighted by molar-refractivity contribution is 0.0540. The number of hydrogen-bond acceptors (Lipinski definition) is 6. The number of hydrogen-bond donors (Lipinski definition) is 0. The van der Waals surface area contributed by atoms with E-state index >= 15 is 0 Å². The second-order valence-corrected chi connectivity index (χ2v) is 10.6. The van der Waals surface area contributed by atoms with Crippen LogP contribution in [0, 0.1) is 0 Å². The van der Waals surface area contributed by atoms with E-state index < -0.39 is 8.22 Å². The summed E-state index contributed by atoms with van der Waals surface area (Å²) in [5.74, 6) is 0. The van der Waals surface area contributed by atoms with Crippen LogP contribution in [0.2, 0.25) is 0 Å². The van der Waals surface area contributed by atoms with Gasteiger partial charge in [0.15, 0.2) is 0 Å². The molecule has 6 nitrogen and oxygen atoms in total. The predicted molar refractivity (Wildman–Crippen MR) is 125 cm³/mol. The Morgan fingerprint density at radius 1 is 0.677 bits per heavy atom. The van der Waals surface area contributed by atoms with E-state index in [1.54, 1.807) is 5.31 Å². The highest BCUT2D eigenvalue weighted by atomic mass is 31.1. The fourth-order valence-electron chi connectivity index (χ4n) is 4.94. The topological polar surface area (TPSA) is 37.4 Å². The van der Waals surface area contributed by atoms with Crippen molar-refractivity contribution in [2.75, 3.05) is 78.9 Å². The molecule has 4 aliphatic rings. The Labute approximate surface area is 187 Å². The van der Waals surface area contributed by atoms with Crippen molar-refractivity contribution in [1.82, 2.24) is 14.2 Å². The zero-order valence-corrected chi connectivity index (χ0v) is 19.3. The molecule has 0 amide bonds. The van der Waals surface area contributed by atoms with Gasteiger partial charge < -0.3 is 19.1 Å². The van der Waals surface area contributed by atoms with Crippen molar-refractivity contribution in [2.24, 2.45) is 0 Å². The number of nitrogens with zero attached hydrogens (tertiary/aromatic N) is 3. The fraction of sp³-hybridized carbons (Fsp3) is 0.583. The summed E-state index contributed by atoms with van der Waals surface area (Å²) in [6, 6.07) is 10.8. The van der Waals surface area contributed by atoms with Gasteiger partial charge in [-0.05, 0) is 30.1 Å². The van der Waals surface area contributed by atoms with Crippen molar-refractivity contribution < 1.29 is 14.2 Å². The Morgan fingerprint density at radius 2 is 1.23 bits per heavy atom. The maximum atomic E-state index is 5.71. The van der Waals surface area contributed by atoms with Crippen molar-refractivity contribution in [3.05, 3.63) is 52.5 Å². The molecule has 0 bridgehead atoms. The summed E-state index contributed by atoms with van der Waals surface area (Å²) in [5.41, 5.74) is 4.31. The Hall–Kier alpha value is -1.27. The van der Waals surface area contributed by atoms with Crippen LogP contribution in [-0.2, 0) is 14.2 Å². The smallest absolute Gasteiger partial charge is 0.0706 e.